The number of nitrogens with zero attached hydrogens (tertiary/aromatic N) is 5. The minimum Gasteiger partial charge on any atom is -0.354 e. The molecule has 1 saturated heterocycles. The highest BCUT2D eigenvalue weighted by molar-refractivity contribution is 7.19. The first-order valence-corrected chi connectivity index (χ1v) is 13.6. The van der Waals surface area contributed by atoms with Crippen molar-refractivity contribution in [3.05, 3.63) is 47.3 Å². The number of thiazole rings is 1. The SMILES string of the molecule is CCNc1nccc(-c2sc(NC(=O)Nc3ccc(CN4CCN(C(C)C)CC4)c(C(F)(F)F)c3)nc2C)n1. The number of rotatable bonds is 8. The number of hydrogen-bond donors (Lipinski definition) is 3. The lowest BCUT2D eigenvalue weighted by Crippen LogP contribution is -2.48. The normalized spacial score (nSPS) is 15.0. The molecule has 2 aromatic heterocycles. The van der Waals surface area contributed by atoms with Crippen LogP contribution >= 0.6 is 11.3 Å². The largest absolute Gasteiger partial charge is 0.416 e. The molecule has 0 radical (unpaired) electrons. The number of piperazine rings is 1. The van der Waals surface area contributed by atoms with E-state index in [1.54, 1.807) is 19.2 Å². The molecule has 0 spiro atoms. The molecule has 3 heterocycles. The van der Waals surface area contributed by atoms with E-state index in [2.05, 4.69) is 49.6 Å². The van der Waals surface area contributed by atoms with Crippen molar-refractivity contribution in [2.45, 2.75) is 46.5 Å². The summed E-state index contributed by atoms with van der Waals surface area (Å²) in [5, 5.41) is 8.48. The van der Waals surface area contributed by atoms with Crippen molar-refractivity contribution >= 4 is 34.1 Å². The van der Waals surface area contributed by atoms with E-state index in [0.717, 1.165) is 24.0 Å². The van der Waals surface area contributed by atoms with Gasteiger partial charge in [-0.15, -0.1) is 0 Å². The van der Waals surface area contributed by atoms with E-state index in [1.165, 1.54) is 23.5 Å². The van der Waals surface area contributed by atoms with Gasteiger partial charge in [-0.05, 0) is 51.5 Å². The first kappa shape index (κ1) is 28.7. The summed E-state index contributed by atoms with van der Waals surface area (Å²) < 4.78 is 41.8. The molecule has 0 aliphatic carbocycles. The molecule has 3 N–H and O–H groups in total. The lowest BCUT2D eigenvalue weighted by Gasteiger charge is -2.37. The first-order valence-electron chi connectivity index (χ1n) is 12.8. The lowest BCUT2D eigenvalue weighted by atomic mass is 10.0. The number of amides is 2. The van der Waals surface area contributed by atoms with E-state index in [-0.39, 0.29) is 17.8 Å². The summed E-state index contributed by atoms with van der Waals surface area (Å²) in [6.07, 6.45) is -2.92. The Bertz CT molecular complexity index is 1290. The van der Waals surface area contributed by atoms with Crippen molar-refractivity contribution in [1.29, 1.82) is 0 Å². The maximum absolute atomic E-state index is 13.9. The van der Waals surface area contributed by atoms with Gasteiger partial charge in [0.25, 0.3) is 0 Å². The van der Waals surface area contributed by atoms with Gasteiger partial charge in [0, 0.05) is 57.2 Å². The Hall–Kier alpha value is -3.29. The molecule has 210 valence electrons. The number of carbonyl (C=O) groups is 1. The molecule has 0 atom stereocenters. The molecular weight excluding hydrogens is 529 g/mol. The topological polar surface area (TPSA) is 98.3 Å². The van der Waals surface area contributed by atoms with Crippen LogP contribution in [0.25, 0.3) is 10.6 Å². The highest BCUT2D eigenvalue weighted by Crippen LogP contribution is 2.35. The Kier molecular flexibility index (Phi) is 9.03. The monoisotopic (exact) mass is 562 g/mol. The maximum atomic E-state index is 13.9. The number of anilines is 3. The van der Waals surface area contributed by atoms with Crippen LogP contribution < -0.4 is 16.0 Å². The summed E-state index contributed by atoms with van der Waals surface area (Å²) in [5.74, 6) is 0.483. The second kappa shape index (κ2) is 12.3. The van der Waals surface area contributed by atoms with E-state index in [1.807, 2.05) is 11.8 Å². The number of aromatic nitrogens is 3. The molecule has 3 aromatic rings. The van der Waals surface area contributed by atoms with Gasteiger partial charge in [-0.1, -0.05) is 17.4 Å². The Balaban J connectivity index is 1.43. The van der Waals surface area contributed by atoms with Crippen molar-refractivity contribution in [3.8, 4) is 10.6 Å². The molecule has 0 unspecified atom stereocenters. The van der Waals surface area contributed by atoms with Crippen molar-refractivity contribution in [2.24, 2.45) is 0 Å². The molecule has 1 aliphatic heterocycles. The summed E-state index contributed by atoms with van der Waals surface area (Å²) in [7, 11) is 0. The van der Waals surface area contributed by atoms with Crippen molar-refractivity contribution < 1.29 is 18.0 Å². The van der Waals surface area contributed by atoms with Crippen LogP contribution in [0.3, 0.4) is 0 Å². The van der Waals surface area contributed by atoms with Gasteiger partial charge in [0.2, 0.25) is 5.95 Å². The Morgan fingerprint density at radius 2 is 1.85 bits per heavy atom. The van der Waals surface area contributed by atoms with Gasteiger partial charge in [0.1, 0.15) is 0 Å². The highest BCUT2D eigenvalue weighted by atomic mass is 32.1. The number of hydrogen-bond acceptors (Lipinski definition) is 8. The summed E-state index contributed by atoms with van der Waals surface area (Å²) in [6, 6.07) is 5.40. The number of aryl methyl sites for hydroxylation is 1. The quantitative estimate of drug-likeness (QED) is 0.332. The molecule has 1 fully saturated rings. The van der Waals surface area contributed by atoms with E-state index in [0.29, 0.717) is 48.1 Å². The third-order valence-corrected chi connectivity index (χ3v) is 7.54. The molecule has 0 bridgehead atoms. The number of urea groups is 1. The molecule has 39 heavy (non-hydrogen) atoms. The molecule has 1 aromatic carbocycles. The van der Waals surface area contributed by atoms with Crippen molar-refractivity contribution in [1.82, 2.24) is 24.8 Å². The van der Waals surface area contributed by atoms with E-state index < -0.39 is 17.8 Å². The zero-order valence-electron chi connectivity index (χ0n) is 22.4. The second-order valence-corrected chi connectivity index (χ2v) is 10.6. The zero-order chi connectivity index (χ0) is 28.2. The van der Waals surface area contributed by atoms with Gasteiger partial charge in [-0.3, -0.25) is 15.1 Å². The third kappa shape index (κ3) is 7.43. The molecule has 1 aliphatic rings. The molecule has 13 heteroatoms. The highest BCUT2D eigenvalue weighted by Gasteiger charge is 2.34. The lowest BCUT2D eigenvalue weighted by molar-refractivity contribution is -0.138. The summed E-state index contributed by atoms with van der Waals surface area (Å²) in [5.41, 5.74) is 0.801. The third-order valence-electron chi connectivity index (χ3n) is 6.44. The summed E-state index contributed by atoms with van der Waals surface area (Å²) in [6.45, 7) is 11.9. The maximum Gasteiger partial charge on any atom is 0.416 e. The predicted octanol–water partition coefficient (Wildman–Crippen LogP) is 5.53. The van der Waals surface area contributed by atoms with Crippen LogP contribution in [0.15, 0.2) is 30.5 Å². The molecule has 4 rings (SSSR count). The van der Waals surface area contributed by atoms with Crippen LogP contribution in [0.4, 0.5) is 34.7 Å². The van der Waals surface area contributed by atoms with Crippen molar-refractivity contribution in [3.63, 3.8) is 0 Å². The van der Waals surface area contributed by atoms with Gasteiger partial charge in [0.05, 0.1) is 21.8 Å². The van der Waals surface area contributed by atoms with Crippen LogP contribution in [0, 0.1) is 6.92 Å². The van der Waals surface area contributed by atoms with Crippen molar-refractivity contribution in [2.75, 3.05) is 48.7 Å². The minimum absolute atomic E-state index is 0.0489. The Morgan fingerprint density at radius 3 is 2.51 bits per heavy atom. The first-order chi connectivity index (χ1) is 18.5. The zero-order valence-corrected chi connectivity index (χ0v) is 23.2. The molecular formula is C26H33F3N8OS. The number of benzene rings is 1. The fourth-order valence-electron chi connectivity index (χ4n) is 4.41. The van der Waals surface area contributed by atoms with Crippen LogP contribution in [-0.4, -0.2) is 69.5 Å². The summed E-state index contributed by atoms with van der Waals surface area (Å²) >= 11 is 1.22. The van der Waals surface area contributed by atoms with Gasteiger partial charge in [-0.2, -0.15) is 13.2 Å². The van der Waals surface area contributed by atoms with E-state index >= 15 is 0 Å². The van der Waals surface area contributed by atoms with Gasteiger partial charge < -0.3 is 10.6 Å². The molecule has 0 saturated carbocycles. The predicted molar refractivity (Wildman–Crippen MR) is 148 cm³/mol. The van der Waals surface area contributed by atoms with E-state index in [9.17, 15) is 18.0 Å². The number of alkyl halides is 3. The van der Waals surface area contributed by atoms with E-state index in [4.69, 9.17) is 0 Å². The number of carbonyl (C=O) groups excluding carboxylic acids is 1. The fraction of sp³-hybridized carbons (Fsp3) is 0.462. The van der Waals surface area contributed by atoms with Gasteiger partial charge in [-0.25, -0.2) is 19.7 Å². The van der Waals surface area contributed by atoms with Crippen LogP contribution in [0.5, 0.6) is 0 Å². The molecule has 2 amide bonds. The minimum atomic E-state index is -4.55. The van der Waals surface area contributed by atoms with Crippen LogP contribution in [0.1, 0.15) is 37.6 Å². The van der Waals surface area contributed by atoms with Crippen LogP contribution in [-0.2, 0) is 12.7 Å². The average Bonchev–Trinajstić information content (AvgIpc) is 3.24. The number of halogens is 3. The second-order valence-electron chi connectivity index (χ2n) is 9.58. The molecule has 9 nitrogen and oxygen atoms in total. The standard InChI is InChI=1S/C26H33F3N8OS/c1-5-30-23-31-9-8-21(34-23)22-17(4)32-25(39-22)35-24(38)33-19-7-6-18(20(14-19)26(27,28)29)15-36-10-12-37(13-11-36)16(2)3/h6-9,14,16H,5,10-13,15H2,1-4H3,(H,30,31,34)(H2,32,33,35,38). The average molecular weight is 563 g/mol. The van der Waals surface area contributed by atoms with Gasteiger partial charge >= 0.3 is 12.2 Å². The summed E-state index contributed by atoms with van der Waals surface area (Å²) in [4.78, 5) is 30.7. The van der Waals surface area contributed by atoms with Crippen LogP contribution in [0.2, 0.25) is 0 Å². The smallest absolute Gasteiger partial charge is 0.354 e. The Morgan fingerprint density at radius 1 is 1.10 bits per heavy atom. The fourth-order valence-corrected chi connectivity index (χ4v) is 5.34. The Labute approximate surface area is 229 Å². The number of nitrogens with one attached hydrogen (secondary N) is 3. The van der Waals surface area contributed by atoms with Gasteiger partial charge in [0.15, 0.2) is 5.13 Å².